The van der Waals surface area contributed by atoms with Crippen LogP contribution < -0.4 is 11.5 Å². The van der Waals surface area contributed by atoms with Crippen LogP contribution in [0.5, 0.6) is 0 Å². The van der Waals surface area contributed by atoms with Gasteiger partial charge in [0.15, 0.2) is 0 Å². The molecule has 0 radical (unpaired) electrons. The largest absolute Gasteiger partial charge is 0.383 e. The van der Waals surface area contributed by atoms with E-state index in [9.17, 15) is 9.59 Å². The average Bonchev–Trinajstić information content (AvgIpc) is 2.72. The number of amides is 1. The Morgan fingerprint density at radius 3 is 2.24 bits per heavy atom. The van der Waals surface area contributed by atoms with Crippen LogP contribution in [0, 0.1) is 4.64 Å². The first-order valence-corrected chi connectivity index (χ1v) is 7.83. The summed E-state index contributed by atoms with van der Waals surface area (Å²) in [6, 6.07) is 0. The van der Waals surface area contributed by atoms with E-state index in [2.05, 4.69) is 12.0 Å². The van der Waals surface area contributed by atoms with E-state index in [0.717, 1.165) is 23.9 Å². The van der Waals surface area contributed by atoms with Gasteiger partial charge in [0.1, 0.15) is 16.0 Å². The van der Waals surface area contributed by atoms with Crippen molar-refractivity contribution >= 4 is 29.9 Å². The van der Waals surface area contributed by atoms with Gasteiger partial charge in [-0.3, -0.25) is 14.7 Å². The normalized spacial score (nSPS) is 10.7. The van der Waals surface area contributed by atoms with Crippen molar-refractivity contribution in [3.05, 3.63) is 10.2 Å². The summed E-state index contributed by atoms with van der Waals surface area (Å²) in [5.41, 5.74) is 10.9. The third-order valence-corrected chi connectivity index (χ3v) is 3.72. The van der Waals surface area contributed by atoms with Gasteiger partial charge in [-0.05, 0) is 6.42 Å². The minimum Gasteiger partial charge on any atom is -0.383 e. The maximum Gasteiger partial charge on any atom is 0.255 e. The van der Waals surface area contributed by atoms with Crippen LogP contribution in [0.15, 0.2) is 0 Å². The highest BCUT2D eigenvalue weighted by atomic mass is 32.1. The smallest absolute Gasteiger partial charge is 0.255 e. The zero-order valence-electron chi connectivity index (χ0n) is 12.5. The van der Waals surface area contributed by atoms with Crippen LogP contribution in [0.3, 0.4) is 0 Å². The average molecular weight is 312 g/mol. The zero-order valence-corrected chi connectivity index (χ0v) is 13.3. The lowest BCUT2D eigenvalue weighted by Gasteiger charge is -2.04. The summed E-state index contributed by atoms with van der Waals surface area (Å²) in [6.45, 7) is 2.18. The van der Waals surface area contributed by atoms with Gasteiger partial charge in [-0.2, -0.15) is 0 Å². The first kappa shape index (κ1) is 17.4. The number of nitrogens with zero attached hydrogens (tertiary/aromatic N) is 1. The number of carbonyl (C=O) groups is 2. The highest BCUT2D eigenvalue weighted by molar-refractivity contribution is 7.71. The molecule has 1 rings (SSSR count). The number of unbranched alkanes of at least 4 members (excludes halogenated alkanes) is 6. The highest BCUT2D eigenvalue weighted by Gasteiger charge is 2.18. The topological polar surface area (TPSA) is 107 Å². The molecule has 1 aromatic rings. The lowest BCUT2D eigenvalue weighted by atomic mass is 10.1. The van der Waals surface area contributed by atoms with Gasteiger partial charge in [0.25, 0.3) is 5.91 Å². The summed E-state index contributed by atoms with van der Waals surface area (Å²) < 4.78 is 1.23. The third-order valence-electron chi connectivity index (χ3n) is 3.43. The Morgan fingerprint density at radius 2 is 1.71 bits per heavy atom. The quantitative estimate of drug-likeness (QED) is 0.481. The maximum absolute atomic E-state index is 12.0. The number of anilines is 1. The van der Waals surface area contributed by atoms with Gasteiger partial charge in [0.2, 0.25) is 5.91 Å². The van der Waals surface area contributed by atoms with Gasteiger partial charge in [-0.1, -0.05) is 57.7 Å². The number of hydrogen-bond donors (Lipinski definition) is 3. The molecule has 21 heavy (non-hydrogen) atoms. The van der Waals surface area contributed by atoms with Crippen LogP contribution in [-0.4, -0.2) is 21.6 Å². The molecule has 5 N–H and O–H groups in total. The van der Waals surface area contributed by atoms with E-state index >= 15 is 0 Å². The molecule has 0 atom stereocenters. The second-order valence-electron chi connectivity index (χ2n) is 5.17. The van der Waals surface area contributed by atoms with Crippen molar-refractivity contribution in [1.29, 1.82) is 0 Å². The van der Waals surface area contributed by atoms with Crippen LogP contribution >= 0.6 is 12.2 Å². The number of rotatable bonds is 9. The molecule has 0 aliphatic carbocycles. The number of H-pyrrole nitrogens is 1. The molecule has 1 amide bonds. The predicted octanol–water partition coefficient (Wildman–Crippen LogP) is 3.01. The molecule has 1 aromatic heterocycles. The Bertz CT molecular complexity index is 548. The van der Waals surface area contributed by atoms with Crippen molar-refractivity contribution < 1.29 is 9.59 Å². The molecule has 0 bridgehead atoms. The fraction of sp³-hybridized carbons (Fsp3) is 0.643. The molecule has 6 nitrogen and oxygen atoms in total. The molecule has 0 unspecified atom stereocenters. The van der Waals surface area contributed by atoms with E-state index in [0.29, 0.717) is 6.42 Å². The van der Waals surface area contributed by atoms with Crippen LogP contribution in [0.1, 0.15) is 73.4 Å². The molecule has 0 aliphatic heterocycles. The molecular weight excluding hydrogens is 288 g/mol. The number of primary amides is 1. The minimum atomic E-state index is -0.726. The van der Waals surface area contributed by atoms with Crippen molar-refractivity contribution in [2.45, 2.75) is 58.3 Å². The fourth-order valence-corrected chi connectivity index (χ4v) is 2.52. The van der Waals surface area contributed by atoms with Gasteiger partial charge in [0, 0.05) is 6.42 Å². The number of carbonyl (C=O) groups excluding carboxylic acids is 2. The first-order valence-electron chi connectivity index (χ1n) is 7.42. The fourth-order valence-electron chi connectivity index (χ4n) is 2.23. The molecule has 0 aliphatic rings. The lowest BCUT2D eigenvalue weighted by molar-refractivity contribution is 0.0886. The van der Waals surface area contributed by atoms with Crippen LogP contribution in [-0.2, 0) is 0 Å². The summed E-state index contributed by atoms with van der Waals surface area (Å²) in [5, 5.41) is 2.62. The summed E-state index contributed by atoms with van der Waals surface area (Å²) in [6.07, 6.45) is 8.28. The Morgan fingerprint density at radius 1 is 1.14 bits per heavy atom. The highest BCUT2D eigenvalue weighted by Crippen LogP contribution is 2.15. The molecule has 7 heteroatoms. The first-order chi connectivity index (χ1) is 9.99. The summed E-state index contributed by atoms with van der Waals surface area (Å²) in [7, 11) is 0. The third kappa shape index (κ3) is 5.00. The second kappa shape index (κ2) is 8.61. The molecule has 1 heterocycles. The van der Waals surface area contributed by atoms with Gasteiger partial charge >= 0.3 is 0 Å². The number of aromatic nitrogens is 2. The van der Waals surface area contributed by atoms with Gasteiger partial charge in [-0.25, -0.2) is 4.68 Å². The van der Waals surface area contributed by atoms with Crippen molar-refractivity contribution in [1.82, 2.24) is 9.78 Å². The molecular formula is C14H24N4O2S. The van der Waals surface area contributed by atoms with Crippen LogP contribution in [0.2, 0.25) is 0 Å². The molecule has 118 valence electrons. The predicted molar refractivity (Wildman–Crippen MR) is 85.8 cm³/mol. The summed E-state index contributed by atoms with van der Waals surface area (Å²) >= 11 is 4.94. The number of nitrogens with two attached hydrogens (primary N) is 2. The Labute approximate surface area is 129 Å². The van der Waals surface area contributed by atoms with Gasteiger partial charge < -0.3 is 11.5 Å². The van der Waals surface area contributed by atoms with Crippen molar-refractivity contribution in [3.63, 3.8) is 0 Å². The molecule has 0 fully saturated rings. The lowest BCUT2D eigenvalue weighted by Crippen LogP contribution is -2.17. The monoisotopic (exact) mass is 312 g/mol. The number of nitrogen functional groups attached to an aromatic ring is 1. The number of hydrogen-bond acceptors (Lipinski definition) is 4. The molecule has 0 aromatic carbocycles. The van der Waals surface area contributed by atoms with E-state index in [4.69, 9.17) is 23.7 Å². The standard InChI is InChI=1S/C14H24N4O2S/c1-2-3-4-5-6-7-8-9-10(19)18-12(15)11(13(16)20)14(21)17-18/h2-9,15H2,1H3,(H2,16,20)(H,17,21). The van der Waals surface area contributed by atoms with Crippen molar-refractivity contribution in [2.75, 3.05) is 5.73 Å². The minimum absolute atomic E-state index is 0.000413. The van der Waals surface area contributed by atoms with E-state index in [1.54, 1.807) is 0 Å². The number of nitrogens with one attached hydrogen (secondary N) is 1. The molecule has 0 saturated heterocycles. The zero-order chi connectivity index (χ0) is 15.8. The Kier molecular flexibility index (Phi) is 7.14. The van der Waals surface area contributed by atoms with Crippen LogP contribution in [0.25, 0.3) is 0 Å². The maximum atomic E-state index is 12.0. The van der Waals surface area contributed by atoms with E-state index < -0.39 is 5.91 Å². The van der Waals surface area contributed by atoms with Crippen molar-refractivity contribution in [3.8, 4) is 0 Å². The van der Waals surface area contributed by atoms with E-state index in [1.165, 1.54) is 25.7 Å². The van der Waals surface area contributed by atoms with Crippen molar-refractivity contribution in [2.24, 2.45) is 5.73 Å². The molecule has 0 spiro atoms. The van der Waals surface area contributed by atoms with E-state index in [1.807, 2.05) is 0 Å². The number of aromatic amines is 1. The second-order valence-corrected chi connectivity index (χ2v) is 5.57. The van der Waals surface area contributed by atoms with Gasteiger partial charge in [-0.15, -0.1) is 0 Å². The summed E-state index contributed by atoms with van der Waals surface area (Å²) in [5.74, 6) is -0.920. The summed E-state index contributed by atoms with van der Waals surface area (Å²) in [4.78, 5) is 23.2. The van der Waals surface area contributed by atoms with Gasteiger partial charge in [0.05, 0.1) is 0 Å². The van der Waals surface area contributed by atoms with Crippen LogP contribution in [0.4, 0.5) is 5.82 Å². The SMILES string of the molecule is CCCCCCCCCC(=O)n1[nH]c(=S)c(C(N)=O)c1N. The van der Waals surface area contributed by atoms with E-state index in [-0.39, 0.29) is 21.9 Å². The Hall–Kier alpha value is -1.63. The molecule has 0 saturated carbocycles. The Balaban J connectivity index is 2.45.